The van der Waals surface area contributed by atoms with Gasteiger partial charge in [-0.05, 0) is 55.4 Å². The van der Waals surface area contributed by atoms with Crippen molar-refractivity contribution in [1.82, 2.24) is 25.0 Å². The highest BCUT2D eigenvalue weighted by molar-refractivity contribution is 5.37. The Labute approximate surface area is 144 Å². The molecule has 0 radical (unpaired) electrons. The first-order valence-corrected chi connectivity index (χ1v) is 9.07. The van der Waals surface area contributed by atoms with Crippen LogP contribution in [-0.2, 0) is 13.1 Å². The molecule has 2 atom stereocenters. The maximum Gasteiger partial charge on any atom is 0.137 e. The third-order valence-electron chi connectivity index (χ3n) is 5.59. The smallest absolute Gasteiger partial charge is 0.137 e. The zero-order valence-electron chi connectivity index (χ0n) is 14.7. The number of hydrogen-bond donors (Lipinski definition) is 1. The quantitative estimate of drug-likeness (QED) is 0.937. The van der Waals surface area contributed by atoms with Gasteiger partial charge in [-0.25, -0.2) is 9.67 Å². The lowest BCUT2D eigenvalue weighted by Crippen LogP contribution is -2.35. The van der Waals surface area contributed by atoms with E-state index in [0.717, 1.165) is 19.1 Å². The summed E-state index contributed by atoms with van der Waals surface area (Å²) < 4.78 is 1.90. The van der Waals surface area contributed by atoms with E-state index in [1.807, 2.05) is 4.68 Å². The largest absolute Gasteiger partial charge is 0.310 e. The topological polar surface area (TPSA) is 46.0 Å². The van der Waals surface area contributed by atoms with Crippen molar-refractivity contribution in [2.45, 2.75) is 58.3 Å². The van der Waals surface area contributed by atoms with Gasteiger partial charge in [0.15, 0.2) is 0 Å². The summed E-state index contributed by atoms with van der Waals surface area (Å²) in [7, 11) is 0. The minimum absolute atomic E-state index is 0.692. The van der Waals surface area contributed by atoms with E-state index in [0.29, 0.717) is 6.04 Å². The number of likely N-dealkylation sites (tertiary alicyclic amines) is 1. The van der Waals surface area contributed by atoms with E-state index in [1.165, 1.54) is 54.6 Å². The predicted octanol–water partition coefficient (Wildman–Crippen LogP) is 2.27. The van der Waals surface area contributed by atoms with Gasteiger partial charge in [-0.2, -0.15) is 5.10 Å². The molecule has 2 fully saturated rings. The third kappa shape index (κ3) is 3.37. The van der Waals surface area contributed by atoms with Crippen LogP contribution in [0.3, 0.4) is 0 Å². The van der Waals surface area contributed by atoms with Crippen molar-refractivity contribution in [1.29, 1.82) is 0 Å². The third-order valence-corrected chi connectivity index (χ3v) is 5.59. The van der Waals surface area contributed by atoms with Crippen molar-refractivity contribution < 1.29 is 0 Å². The zero-order chi connectivity index (χ0) is 16.5. The standard InChI is InChI=1S/C19H27N5/c1-14-7-15(2)17(10-24-13-20-12-21-24)8-16(14)9-23-6-5-18-3-4-19(11-23)22-18/h7-8,12-13,18-19,22H,3-6,9-11H2,1-2H3/t18-,19+/m1/s1. The van der Waals surface area contributed by atoms with Gasteiger partial charge in [-0.1, -0.05) is 12.1 Å². The first kappa shape index (κ1) is 15.8. The molecule has 1 aromatic carbocycles. The molecule has 1 N–H and O–H groups in total. The van der Waals surface area contributed by atoms with Crippen LogP contribution in [0.1, 0.15) is 41.5 Å². The van der Waals surface area contributed by atoms with E-state index in [1.54, 1.807) is 12.7 Å². The van der Waals surface area contributed by atoms with Crippen LogP contribution in [0.5, 0.6) is 0 Å². The normalized spacial score (nSPS) is 24.2. The molecule has 0 amide bonds. The number of benzene rings is 1. The van der Waals surface area contributed by atoms with E-state index in [2.05, 4.69) is 46.3 Å². The molecule has 0 saturated carbocycles. The predicted molar refractivity (Wildman–Crippen MR) is 94.9 cm³/mol. The molecule has 1 aromatic heterocycles. The fourth-order valence-corrected chi connectivity index (χ4v) is 4.18. The van der Waals surface area contributed by atoms with Gasteiger partial charge in [0.1, 0.15) is 12.7 Å². The Bertz CT molecular complexity index is 694. The number of fused-ring (bicyclic) bond motifs is 2. The first-order valence-electron chi connectivity index (χ1n) is 9.07. The number of rotatable bonds is 4. The molecule has 2 saturated heterocycles. The highest BCUT2D eigenvalue weighted by Crippen LogP contribution is 2.24. The van der Waals surface area contributed by atoms with Crippen molar-refractivity contribution >= 4 is 0 Å². The van der Waals surface area contributed by atoms with Crippen LogP contribution in [0.15, 0.2) is 24.8 Å². The van der Waals surface area contributed by atoms with Crippen molar-refractivity contribution in [2.75, 3.05) is 13.1 Å². The molecule has 128 valence electrons. The van der Waals surface area contributed by atoms with Crippen LogP contribution in [0, 0.1) is 13.8 Å². The molecule has 2 bridgehead atoms. The molecule has 2 aromatic rings. The molecule has 5 nitrogen and oxygen atoms in total. The number of hydrogen-bond acceptors (Lipinski definition) is 4. The molecule has 24 heavy (non-hydrogen) atoms. The number of nitrogens with one attached hydrogen (secondary N) is 1. The van der Waals surface area contributed by atoms with E-state index in [-0.39, 0.29) is 0 Å². The van der Waals surface area contributed by atoms with Gasteiger partial charge in [-0.3, -0.25) is 4.90 Å². The van der Waals surface area contributed by atoms with Crippen LogP contribution >= 0.6 is 0 Å². The minimum Gasteiger partial charge on any atom is -0.310 e. The summed E-state index contributed by atoms with van der Waals surface area (Å²) in [6, 6.07) is 6.15. The van der Waals surface area contributed by atoms with Crippen molar-refractivity contribution in [2.24, 2.45) is 0 Å². The monoisotopic (exact) mass is 325 g/mol. The van der Waals surface area contributed by atoms with E-state index in [9.17, 15) is 0 Å². The molecule has 2 aliphatic heterocycles. The molecule has 0 aliphatic carbocycles. The van der Waals surface area contributed by atoms with Gasteiger partial charge in [0.25, 0.3) is 0 Å². The second-order valence-corrected chi connectivity index (χ2v) is 7.46. The lowest BCUT2D eigenvalue weighted by molar-refractivity contribution is 0.250. The zero-order valence-corrected chi connectivity index (χ0v) is 14.7. The summed E-state index contributed by atoms with van der Waals surface area (Å²) >= 11 is 0. The van der Waals surface area contributed by atoms with E-state index < -0.39 is 0 Å². The van der Waals surface area contributed by atoms with Crippen LogP contribution < -0.4 is 5.32 Å². The Hall–Kier alpha value is -1.72. The fraction of sp³-hybridized carbons (Fsp3) is 0.579. The van der Waals surface area contributed by atoms with Crippen LogP contribution in [0.4, 0.5) is 0 Å². The van der Waals surface area contributed by atoms with Gasteiger partial charge in [0.05, 0.1) is 6.54 Å². The molecule has 0 unspecified atom stereocenters. The Balaban J connectivity index is 1.51. The Morgan fingerprint density at radius 1 is 1.04 bits per heavy atom. The number of nitrogens with zero attached hydrogens (tertiary/aromatic N) is 4. The lowest BCUT2D eigenvalue weighted by atomic mass is 9.99. The van der Waals surface area contributed by atoms with Crippen LogP contribution in [0.2, 0.25) is 0 Å². The van der Waals surface area contributed by atoms with Crippen molar-refractivity contribution in [3.05, 3.63) is 47.0 Å². The van der Waals surface area contributed by atoms with Gasteiger partial charge >= 0.3 is 0 Å². The Morgan fingerprint density at radius 2 is 1.83 bits per heavy atom. The number of aryl methyl sites for hydroxylation is 2. The van der Waals surface area contributed by atoms with Crippen molar-refractivity contribution in [3.63, 3.8) is 0 Å². The maximum absolute atomic E-state index is 4.25. The highest BCUT2D eigenvalue weighted by atomic mass is 15.3. The molecule has 4 rings (SSSR count). The summed E-state index contributed by atoms with van der Waals surface area (Å²) in [5.74, 6) is 0. The first-order chi connectivity index (χ1) is 11.7. The van der Waals surface area contributed by atoms with Crippen LogP contribution in [0.25, 0.3) is 0 Å². The second-order valence-electron chi connectivity index (χ2n) is 7.46. The molecule has 5 heteroatoms. The summed E-state index contributed by atoms with van der Waals surface area (Å²) in [6.45, 7) is 8.68. The molecular weight excluding hydrogens is 298 g/mol. The Kier molecular flexibility index (Phi) is 4.37. The average Bonchev–Trinajstić information content (AvgIpc) is 3.16. The summed E-state index contributed by atoms with van der Waals surface area (Å²) in [4.78, 5) is 6.68. The van der Waals surface area contributed by atoms with Gasteiger partial charge in [0.2, 0.25) is 0 Å². The van der Waals surface area contributed by atoms with Gasteiger partial charge in [-0.15, -0.1) is 0 Å². The lowest BCUT2D eigenvalue weighted by Gasteiger charge is -2.25. The summed E-state index contributed by atoms with van der Waals surface area (Å²) in [5.41, 5.74) is 5.53. The molecular formula is C19H27N5. The summed E-state index contributed by atoms with van der Waals surface area (Å²) in [5, 5.41) is 8.02. The number of aromatic nitrogens is 3. The van der Waals surface area contributed by atoms with E-state index in [4.69, 9.17) is 0 Å². The fourth-order valence-electron chi connectivity index (χ4n) is 4.18. The van der Waals surface area contributed by atoms with Gasteiger partial charge < -0.3 is 5.32 Å². The second kappa shape index (κ2) is 6.65. The van der Waals surface area contributed by atoms with E-state index >= 15 is 0 Å². The Morgan fingerprint density at radius 3 is 2.62 bits per heavy atom. The minimum atomic E-state index is 0.692. The molecule has 0 spiro atoms. The average molecular weight is 325 g/mol. The highest BCUT2D eigenvalue weighted by Gasteiger charge is 2.29. The molecule has 3 heterocycles. The summed E-state index contributed by atoms with van der Waals surface area (Å²) in [6.07, 6.45) is 7.38. The molecule has 2 aliphatic rings. The van der Waals surface area contributed by atoms with Gasteiger partial charge in [0, 0.05) is 31.7 Å². The van der Waals surface area contributed by atoms with Crippen LogP contribution in [-0.4, -0.2) is 44.8 Å². The maximum atomic E-state index is 4.25. The van der Waals surface area contributed by atoms with Crippen molar-refractivity contribution in [3.8, 4) is 0 Å². The SMILES string of the molecule is Cc1cc(C)c(Cn2cncn2)cc1CN1CC[C@H]2CC[C@@H](C1)N2.